The smallest absolute Gasteiger partial charge is 0.164 e. The molecule has 0 radical (unpaired) electrons. The maximum atomic E-state index is 5.16. The van der Waals surface area contributed by atoms with Crippen molar-refractivity contribution in [2.24, 2.45) is 0 Å². The third-order valence-corrected chi connectivity index (χ3v) is 12.2. The number of hydrogen-bond acceptors (Lipinski definition) is 5. The molecule has 0 aliphatic carbocycles. The van der Waals surface area contributed by atoms with E-state index in [2.05, 4.69) is 143 Å². The minimum atomic E-state index is 0.628. The topological polar surface area (TPSA) is 61.4 Å². The van der Waals surface area contributed by atoms with Gasteiger partial charge in [-0.3, -0.25) is 0 Å². The summed E-state index contributed by atoms with van der Waals surface area (Å²) in [5.74, 6) is 1.91. The molecule has 0 unspecified atom stereocenters. The van der Waals surface area contributed by atoms with Gasteiger partial charge in [-0.1, -0.05) is 127 Å². The maximum Gasteiger partial charge on any atom is 0.164 e. The first-order valence-electron chi connectivity index (χ1n) is 19.6. The predicted molar refractivity (Wildman–Crippen MR) is 243 cm³/mol. The number of hydrogen-bond donors (Lipinski definition) is 0. The van der Waals surface area contributed by atoms with Crippen molar-refractivity contribution in [2.75, 3.05) is 0 Å². The van der Waals surface area contributed by atoms with Gasteiger partial charge < -0.3 is 9.13 Å². The van der Waals surface area contributed by atoms with E-state index in [-0.39, 0.29) is 0 Å². The number of aromatic nitrogens is 6. The van der Waals surface area contributed by atoms with Gasteiger partial charge in [-0.15, -0.1) is 11.3 Å². The Hall–Kier alpha value is -7.74. The average molecular weight is 773 g/mol. The van der Waals surface area contributed by atoms with Crippen LogP contribution in [0.1, 0.15) is 0 Å². The average Bonchev–Trinajstić information content (AvgIpc) is 3.99. The van der Waals surface area contributed by atoms with Crippen molar-refractivity contribution in [3.8, 4) is 56.1 Å². The molecule has 0 saturated carbocycles. The Morgan fingerprint density at radius 1 is 0.322 bits per heavy atom. The molecule has 12 aromatic rings. The van der Waals surface area contributed by atoms with Crippen LogP contribution in [0, 0.1) is 0 Å². The standard InChI is InChI=1S/C52H32N6S/c1-4-15-33(16-5-1)49-54-50(34-17-6-2-7-18-34)56-51(55-49)35-27-28-43-48(30-35)59-52(53-43)36-19-14-22-38(29-36)58-45-26-13-11-24-40(45)42-31-41-39-23-10-12-25-44(39)57(46(41)32-47(42)58)37-20-8-3-9-21-37/h1-32H. The highest BCUT2D eigenvalue weighted by Gasteiger charge is 2.19. The highest BCUT2D eigenvalue weighted by atomic mass is 32.1. The van der Waals surface area contributed by atoms with Crippen LogP contribution in [0.2, 0.25) is 0 Å². The lowest BCUT2D eigenvalue weighted by molar-refractivity contribution is 1.07. The van der Waals surface area contributed by atoms with Crippen molar-refractivity contribution < 1.29 is 0 Å². The fourth-order valence-corrected chi connectivity index (χ4v) is 9.47. The second-order valence-electron chi connectivity index (χ2n) is 14.7. The summed E-state index contributed by atoms with van der Waals surface area (Å²) in [4.78, 5) is 20.0. The molecule has 0 bridgehead atoms. The fourth-order valence-electron chi connectivity index (χ4n) is 8.47. The third kappa shape index (κ3) is 5.55. The highest BCUT2D eigenvalue weighted by molar-refractivity contribution is 7.21. The molecule has 59 heavy (non-hydrogen) atoms. The fraction of sp³-hybridized carbons (Fsp3) is 0. The SMILES string of the molecule is c1ccc(-c2nc(-c3ccccc3)nc(-c3ccc4nc(-c5cccc(-n6c7ccccc7c7cc8c9ccccc9n(-c9ccccc9)c8cc76)c5)sc4c3)n2)cc1. The summed E-state index contributed by atoms with van der Waals surface area (Å²) in [5.41, 5.74) is 11.7. The quantitative estimate of drug-likeness (QED) is 0.169. The van der Waals surface area contributed by atoms with E-state index in [4.69, 9.17) is 19.9 Å². The van der Waals surface area contributed by atoms with E-state index in [1.54, 1.807) is 11.3 Å². The Morgan fingerprint density at radius 3 is 1.46 bits per heavy atom. The summed E-state index contributed by atoms with van der Waals surface area (Å²) in [6.07, 6.45) is 0. The molecule has 0 aliphatic heterocycles. The zero-order valence-electron chi connectivity index (χ0n) is 31.6. The van der Waals surface area contributed by atoms with Gasteiger partial charge in [0.05, 0.1) is 32.3 Å². The van der Waals surface area contributed by atoms with Gasteiger partial charge in [-0.05, 0) is 66.7 Å². The zero-order valence-corrected chi connectivity index (χ0v) is 32.4. The van der Waals surface area contributed by atoms with Crippen LogP contribution in [-0.2, 0) is 0 Å². The van der Waals surface area contributed by atoms with Crippen molar-refractivity contribution >= 4 is 65.2 Å². The second-order valence-corrected chi connectivity index (χ2v) is 15.7. The number of rotatable bonds is 6. The van der Waals surface area contributed by atoms with Gasteiger partial charge in [0.2, 0.25) is 0 Å². The summed E-state index contributed by atoms with van der Waals surface area (Å²) in [6, 6.07) is 68.1. The van der Waals surface area contributed by atoms with Crippen LogP contribution < -0.4 is 0 Å². The Morgan fingerprint density at radius 2 is 0.831 bits per heavy atom. The Balaban J connectivity index is 0.989. The molecule has 8 aromatic carbocycles. The van der Waals surface area contributed by atoms with E-state index in [9.17, 15) is 0 Å². The highest BCUT2D eigenvalue weighted by Crippen LogP contribution is 2.41. The Kier molecular flexibility index (Phi) is 7.61. The lowest BCUT2D eigenvalue weighted by Gasteiger charge is -2.11. The van der Waals surface area contributed by atoms with Gasteiger partial charge in [0.25, 0.3) is 0 Å². The molecule has 0 aliphatic rings. The number of para-hydroxylation sites is 3. The third-order valence-electron chi connectivity index (χ3n) is 11.2. The van der Waals surface area contributed by atoms with E-state index in [0.717, 1.165) is 54.4 Å². The summed E-state index contributed by atoms with van der Waals surface area (Å²) < 4.78 is 5.86. The van der Waals surface area contributed by atoms with E-state index >= 15 is 0 Å². The van der Waals surface area contributed by atoms with Crippen molar-refractivity contribution in [1.82, 2.24) is 29.1 Å². The number of thiazole rings is 1. The molecule has 276 valence electrons. The molecule has 12 rings (SSSR count). The van der Waals surface area contributed by atoms with Crippen LogP contribution in [0.25, 0.3) is 110 Å². The summed E-state index contributed by atoms with van der Waals surface area (Å²) in [7, 11) is 0. The lowest BCUT2D eigenvalue weighted by Crippen LogP contribution is -1.99. The Bertz CT molecular complexity index is 3490. The van der Waals surface area contributed by atoms with Crippen LogP contribution in [0.5, 0.6) is 0 Å². The Labute approximate surface area is 343 Å². The monoisotopic (exact) mass is 772 g/mol. The van der Waals surface area contributed by atoms with Crippen LogP contribution in [-0.4, -0.2) is 29.1 Å². The van der Waals surface area contributed by atoms with E-state index < -0.39 is 0 Å². The van der Waals surface area contributed by atoms with Crippen molar-refractivity contribution in [1.29, 1.82) is 0 Å². The second kappa shape index (κ2) is 13.4. The summed E-state index contributed by atoms with van der Waals surface area (Å²) in [5, 5.41) is 5.90. The summed E-state index contributed by atoms with van der Waals surface area (Å²) >= 11 is 1.68. The minimum absolute atomic E-state index is 0.628. The molecule has 0 amide bonds. The van der Waals surface area contributed by atoms with Gasteiger partial charge in [-0.2, -0.15) is 0 Å². The maximum absolute atomic E-state index is 5.16. The first kappa shape index (κ1) is 33.4. The lowest BCUT2D eigenvalue weighted by atomic mass is 10.1. The predicted octanol–water partition coefficient (Wildman–Crippen LogP) is 13.3. The van der Waals surface area contributed by atoms with Crippen LogP contribution >= 0.6 is 11.3 Å². The molecule has 0 spiro atoms. The van der Waals surface area contributed by atoms with E-state index in [1.165, 1.54) is 38.1 Å². The van der Waals surface area contributed by atoms with Gasteiger partial charge in [0, 0.05) is 55.2 Å². The van der Waals surface area contributed by atoms with E-state index in [1.807, 2.05) is 60.7 Å². The molecule has 0 saturated heterocycles. The van der Waals surface area contributed by atoms with Gasteiger partial charge in [-0.25, -0.2) is 19.9 Å². The van der Waals surface area contributed by atoms with E-state index in [0.29, 0.717) is 17.5 Å². The molecule has 7 heteroatoms. The molecular weight excluding hydrogens is 741 g/mol. The van der Waals surface area contributed by atoms with Crippen molar-refractivity contribution in [3.05, 3.63) is 194 Å². The molecule has 0 atom stereocenters. The first-order valence-corrected chi connectivity index (χ1v) is 20.5. The molecule has 6 nitrogen and oxygen atoms in total. The normalized spacial score (nSPS) is 11.7. The van der Waals surface area contributed by atoms with Gasteiger partial charge >= 0.3 is 0 Å². The van der Waals surface area contributed by atoms with Crippen molar-refractivity contribution in [3.63, 3.8) is 0 Å². The molecule has 0 N–H and O–H groups in total. The van der Waals surface area contributed by atoms with Crippen LogP contribution in [0.3, 0.4) is 0 Å². The number of fused-ring (bicyclic) bond motifs is 7. The summed E-state index contributed by atoms with van der Waals surface area (Å²) in [6.45, 7) is 0. The van der Waals surface area contributed by atoms with Crippen molar-refractivity contribution in [2.45, 2.75) is 0 Å². The number of benzene rings is 8. The molecule has 4 aromatic heterocycles. The molecule has 0 fully saturated rings. The largest absolute Gasteiger partial charge is 0.309 e. The van der Waals surface area contributed by atoms with Gasteiger partial charge in [0.1, 0.15) is 5.01 Å². The van der Waals surface area contributed by atoms with Gasteiger partial charge in [0.15, 0.2) is 17.5 Å². The first-order chi connectivity index (χ1) is 29.2. The number of nitrogens with zero attached hydrogens (tertiary/aromatic N) is 6. The van der Waals surface area contributed by atoms with Crippen LogP contribution in [0.15, 0.2) is 194 Å². The molecule has 4 heterocycles. The molecular formula is C52H32N6S. The van der Waals surface area contributed by atoms with Crippen LogP contribution in [0.4, 0.5) is 0 Å². The zero-order chi connectivity index (χ0) is 38.9. The minimum Gasteiger partial charge on any atom is -0.309 e.